The van der Waals surface area contributed by atoms with Crippen LogP contribution in [0.15, 0.2) is 48.5 Å². The van der Waals surface area contributed by atoms with Crippen molar-refractivity contribution in [2.24, 2.45) is 0 Å². The molecule has 0 radical (unpaired) electrons. The monoisotopic (exact) mass is 373 g/mol. The number of amides is 2. The molecule has 27 heavy (non-hydrogen) atoms. The van der Waals surface area contributed by atoms with Crippen molar-refractivity contribution in [2.75, 3.05) is 11.9 Å². The molecule has 2 amide bonds. The van der Waals surface area contributed by atoms with Crippen LogP contribution in [0, 0.1) is 10.1 Å². The molecule has 140 valence electrons. The minimum absolute atomic E-state index is 0.0628. The van der Waals surface area contributed by atoms with Crippen LogP contribution in [0.4, 0.5) is 16.2 Å². The minimum Gasteiger partial charge on any atom is -0.429 e. The van der Waals surface area contributed by atoms with Gasteiger partial charge in [-0.15, -0.1) is 0 Å². The van der Waals surface area contributed by atoms with E-state index in [9.17, 15) is 24.5 Å². The van der Waals surface area contributed by atoms with Gasteiger partial charge in [0, 0.05) is 17.8 Å². The summed E-state index contributed by atoms with van der Waals surface area (Å²) in [7, 11) is 0. The van der Waals surface area contributed by atoms with Crippen LogP contribution in [0.5, 0.6) is 5.75 Å². The first kappa shape index (κ1) is 19.4. The smallest absolute Gasteiger partial charge is 0.429 e. The van der Waals surface area contributed by atoms with E-state index < -0.39 is 11.1 Å². The number of rotatable bonds is 8. The fraction of sp³-hybridized carbons (Fsp3) is 0.118. The van der Waals surface area contributed by atoms with Gasteiger partial charge < -0.3 is 20.1 Å². The highest BCUT2D eigenvalue weighted by molar-refractivity contribution is 5.93. The Morgan fingerprint density at radius 1 is 1.07 bits per heavy atom. The molecule has 0 atom stereocenters. The summed E-state index contributed by atoms with van der Waals surface area (Å²) in [6.07, 6.45) is -0.531. The van der Waals surface area contributed by atoms with Gasteiger partial charge in [-0.3, -0.25) is 19.7 Å². The number of hydrogen-bond donors (Lipinski definition) is 2. The molecule has 0 unspecified atom stereocenters. The fourth-order valence-electron chi connectivity index (χ4n) is 1.93. The maximum Gasteiger partial charge on any atom is 0.514 e. The number of nitrogens with zero attached hydrogens (tertiary/aromatic N) is 1. The van der Waals surface area contributed by atoms with E-state index in [2.05, 4.69) is 10.6 Å². The van der Waals surface area contributed by atoms with Crippen LogP contribution in [-0.2, 0) is 20.9 Å². The second-order valence-electron chi connectivity index (χ2n) is 5.14. The Morgan fingerprint density at radius 3 is 2.33 bits per heavy atom. The van der Waals surface area contributed by atoms with Gasteiger partial charge in [0.25, 0.3) is 5.69 Å². The van der Waals surface area contributed by atoms with Crippen molar-refractivity contribution in [2.45, 2.75) is 6.61 Å². The summed E-state index contributed by atoms with van der Waals surface area (Å²) in [5.74, 6) is -0.259. The second kappa shape index (κ2) is 9.51. The Kier molecular flexibility index (Phi) is 6.83. The number of nitrogens with one attached hydrogen (secondary N) is 2. The molecule has 2 aromatic rings. The third-order valence-corrected chi connectivity index (χ3v) is 3.19. The largest absolute Gasteiger partial charge is 0.514 e. The van der Waals surface area contributed by atoms with Gasteiger partial charge >= 0.3 is 6.16 Å². The predicted molar refractivity (Wildman–Crippen MR) is 93.0 cm³/mol. The van der Waals surface area contributed by atoms with E-state index in [0.717, 1.165) is 0 Å². The zero-order chi connectivity index (χ0) is 19.6. The van der Waals surface area contributed by atoms with E-state index in [1.165, 1.54) is 24.3 Å². The van der Waals surface area contributed by atoms with Gasteiger partial charge in [-0.25, -0.2) is 4.79 Å². The molecule has 2 N–H and O–H groups in total. The molecule has 2 aromatic carbocycles. The Labute approximate surface area is 153 Å². The average molecular weight is 373 g/mol. The maximum absolute atomic E-state index is 11.6. The Balaban J connectivity index is 1.80. The third kappa shape index (κ3) is 6.46. The molecule has 0 aliphatic carbocycles. The molecule has 0 aliphatic rings. The number of carbonyl (C=O) groups excluding carboxylic acids is 3. The molecule has 0 saturated carbocycles. The Morgan fingerprint density at radius 2 is 1.74 bits per heavy atom. The number of benzene rings is 2. The summed E-state index contributed by atoms with van der Waals surface area (Å²) in [5.41, 5.74) is 1.05. The molecule has 0 aliphatic heterocycles. The van der Waals surface area contributed by atoms with Gasteiger partial charge in [0.15, 0.2) is 0 Å². The van der Waals surface area contributed by atoms with E-state index in [4.69, 9.17) is 9.47 Å². The summed E-state index contributed by atoms with van der Waals surface area (Å²) in [6.45, 7) is -0.199. The molecule has 10 heteroatoms. The van der Waals surface area contributed by atoms with Crippen molar-refractivity contribution in [1.82, 2.24) is 5.32 Å². The summed E-state index contributed by atoms with van der Waals surface area (Å²) in [6, 6.07) is 11.5. The highest BCUT2D eigenvalue weighted by Crippen LogP contribution is 2.18. The van der Waals surface area contributed by atoms with Gasteiger partial charge in [-0.2, -0.15) is 0 Å². The van der Waals surface area contributed by atoms with E-state index >= 15 is 0 Å². The summed E-state index contributed by atoms with van der Waals surface area (Å²) in [4.78, 5) is 43.2. The molecular formula is C17H15N3O7. The molecule has 2 rings (SSSR count). The number of anilines is 1. The third-order valence-electron chi connectivity index (χ3n) is 3.19. The van der Waals surface area contributed by atoms with Crippen molar-refractivity contribution < 1.29 is 28.8 Å². The SMILES string of the molecule is O=CNCC(=O)Nc1ccc(COC(=O)Oc2ccc([N+](=O)[O-])cc2)cc1. The fourth-order valence-corrected chi connectivity index (χ4v) is 1.93. The van der Waals surface area contributed by atoms with Crippen molar-refractivity contribution in [3.63, 3.8) is 0 Å². The number of non-ortho nitro benzene ring substituents is 1. The lowest BCUT2D eigenvalue weighted by molar-refractivity contribution is -0.384. The number of ether oxygens (including phenoxy) is 2. The van der Waals surface area contributed by atoms with Crippen molar-refractivity contribution in [1.29, 1.82) is 0 Å². The first-order chi connectivity index (χ1) is 13.0. The summed E-state index contributed by atoms with van der Waals surface area (Å²) < 4.78 is 9.86. The van der Waals surface area contributed by atoms with E-state index in [1.807, 2.05) is 0 Å². The van der Waals surface area contributed by atoms with Crippen LogP contribution >= 0.6 is 0 Å². The van der Waals surface area contributed by atoms with Gasteiger partial charge in [0.05, 0.1) is 11.5 Å². The standard InChI is InChI=1S/C17H15N3O7/c21-11-18-9-16(22)19-13-3-1-12(2-4-13)10-26-17(23)27-15-7-5-14(6-8-15)20(24)25/h1-8,11H,9-10H2,(H,18,21)(H,19,22). The molecule has 0 saturated heterocycles. The number of nitro benzene ring substituents is 1. The van der Waals surface area contributed by atoms with Gasteiger partial charge in [-0.05, 0) is 29.8 Å². The zero-order valence-corrected chi connectivity index (χ0v) is 13.9. The van der Waals surface area contributed by atoms with Crippen LogP contribution in [0.2, 0.25) is 0 Å². The van der Waals surface area contributed by atoms with Gasteiger partial charge in [0.1, 0.15) is 12.4 Å². The highest BCUT2D eigenvalue weighted by Gasteiger charge is 2.09. The van der Waals surface area contributed by atoms with Crippen molar-refractivity contribution in [3.05, 3.63) is 64.2 Å². The van der Waals surface area contributed by atoms with Crippen LogP contribution in [0.25, 0.3) is 0 Å². The predicted octanol–water partition coefficient (Wildman–Crippen LogP) is 1.99. The van der Waals surface area contributed by atoms with Crippen LogP contribution < -0.4 is 15.4 Å². The first-order valence-electron chi connectivity index (χ1n) is 7.63. The Hall–Kier alpha value is -3.95. The number of hydrogen-bond acceptors (Lipinski definition) is 7. The van der Waals surface area contributed by atoms with Crippen LogP contribution in [0.1, 0.15) is 5.56 Å². The second-order valence-corrected chi connectivity index (χ2v) is 5.14. The van der Waals surface area contributed by atoms with E-state index in [-0.39, 0.29) is 30.5 Å². The number of carbonyl (C=O) groups is 3. The summed E-state index contributed by atoms with van der Waals surface area (Å²) in [5, 5.41) is 15.4. The Bertz CT molecular complexity index is 819. The van der Waals surface area contributed by atoms with Crippen LogP contribution in [0.3, 0.4) is 0 Å². The summed E-state index contributed by atoms with van der Waals surface area (Å²) >= 11 is 0. The number of nitro groups is 1. The van der Waals surface area contributed by atoms with E-state index in [0.29, 0.717) is 17.7 Å². The lowest BCUT2D eigenvalue weighted by Gasteiger charge is -2.08. The molecule has 0 bridgehead atoms. The molecule has 0 spiro atoms. The molecular weight excluding hydrogens is 358 g/mol. The molecule has 0 aromatic heterocycles. The molecule has 0 fully saturated rings. The lowest BCUT2D eigenvalue weighted by Crippen LogP contribution is -2.26. The topological polar surface area (TPSA) is 137 Å². The van der Waals surface area contributed by atoms with Crippen LogP contribution in [-0.4, -0.2) is 29.9 Å². The van der Waals surface area contributed by atoms with E-state index in [1.54, 1.807) is 24.3 Å². The normalized spacial score (nSPS) is 9.78. The lowest BCUT2D eigenvalue weighted by atomic mass is 10.2. The molecule has 10 nitrogen and oxygen atoms in total. The highest BCUT2D eigenvalue weighted by atomic mass is 16.7. The zero-order valence-electron chi connectivity index (χ0n) is 13.9. The van der Waals surface area contributed by atoms with Gasteiger partial charge in [-0.1, -0.05) is 12.1 Å². The first-order valence-corrected chi connectivity index (χ1v) is 7.63. The quantitative estimate of drug-likeness (QED) is 0.237. The minimum atomic E-state index is -0.957. The van der Waals surface area contributed by atoms with Gasteiger partial charge in [0.2, 0.25) is 12.3 Å². The van der Waals surface area contributed by atoms with Crippen molar-refractivity contribution >= 4 is 29.8 Å². The average Bonchev–Trinajstić information content (AvgIpc) is 2.66. The van der Waals surface area contributed by atoms with Crippen molar-refractivity contribution in [3.8, 4) is 5.75 Å². The maximum atomic E-state index is 11.6. The molecule has 0 heterocycles.